The van der Waals surface area contributed by atoms with Gasteiger partial charge in [0, 0.05) is 6.54 Å². The van der Waals surface area contributed by atoms with Crippen molar-refractivity contribution in [3.8, 4) is 0 Å². The molecule has 1 heterocycles. The third-order valence-electron chi connectivity index (χ3n) is 7.19. The fourth-order valence-electron chi connectivity index (χ4n) is 4.99. The normalized spacial score (nSPS) is 24.4. The van der Waals surface area contributed by atoms with Crippen LogP contribution in [-0.2, 0) is 20.8 Å². The standard InChI is InChI=1S/C26H40N4O3/c1-15(2)19-13-22(25(32)28-21-12-8-10-18-9-6-7-11-20(18)21)30(14-19)26(33)23(16(3)4)29-24(31)17(5)27/h6-7,9,11,15-17,19,21-23H,8,10,12-14,27H2,1-5H3,(H,28,32)(H,29,31)/t17-,19-,21+,22-,23-/m0/s1. The Morgan fingerprint density at radius 3 is 2.42 bits per heavy atom. The zero-order valence-corrected chi connectivity index (χ0v) is 20.6. The Labute approximate surface area is 197 Å². The van der Waals surface area contributed by atoms with Crippen LogP contribution in [0.2, 0.25) is 0 Å². The van der Waals surface area contributed by atoms with Gasteiger partial charge in [0.05, 0.1) is 12.1 Å². The van der Waals surface area contributed by atoms with E-state index in [-0.39, 0.29) is 35.6 Å². The molecule has 1 aliphatic carbocycles. The largest absolute Gasteiger partial charge is 0.347 e. The van der Waals surface area contributed by atoms with Gasteiger partial charge in [-0.2, -0.15) is 0 Å². The smallest absolute Gasteiger partial charge is 0.246 e. The number of fused-ring (bicyclic) bond motifs is 1. The minimum atomic E-state index is -0.708. The molecule has 2 aliphatic rings. The first kappa shape index (κ1) is 25.2. The maximum absolute atomic E-state index is 13.6. The maximum atomic E-state index is 13.6. The van der Waals surface area contributed by atoms with Crippen molar-refractivity contribution in [2.45, 2.75) is 84.5 Å². The first-order chi connectivity index (χ1) is 15.6. The lowest BCUT2D eigenvalue weighted by atomic mass is 9.87. The van der Waals surface area contributed by atoms with Gasteiger partial charge in [0.25, 0.3) is 0 Å². The first-order valence-corrected chi connectivity index (χ1v) is 12.3. The molecule has 3 amide bonds. The number of likely N-dealkylation sites (tertiary alicyclic amines) is 1. The highest BCUT2D eigenvalue weighted by Gasteiger charge is 2.44. The Hall–Kier alpha value is -2.41. The van der Waals surface area contributed by atoms with E-state index in [1.807, 2.05) is 26.0 Å². The molecule has 0 spiro atoms. The second kappa shape index (κ2) is 10.7. The van der Waals surface area contributed by atoms with Gasteiger partial charge < -0.3 is 21.3 Å². The number of hydrogen-bond donors (Lipinski definition) is 3. The molecule has 1 aliphatic heterocycles. The van der Waals surface area contributed by atoms with Crippen LogP contribution in [0.5, 0.6) is 0 Å². The third-order valence-corrected chi connectivity index (χ3v) is 7.19. The van der Waals surface area contributed by atoms with Crippen molar-refractivity contribution in [1.82, 2.24) is 15.5 Å². The molecule has 1 aromatic carbocycles. The molecule has 0 unspecified atom stereocenters. The molecule has 5 atom stereocenters. The van der Waals surface area contributed by atoms with Crippen LogP contribution < -0.4 is 16.4 Å². The number of amides is 3. The Balaban J connectivity index is 1.80. The van der Waals surface area contributed by atoms with Crippen LogP contribution in [-0.4, -0.2) is 47.3 Å². The molecule has 0 saturated carbocycles. The molecular weight excluding hydrogens is 416 g/mol. The van der Waals surface area contributed by atoms with Crippen molar-refractivity contribution in [2.24, 2.45) is 23.5 Å². The average molecular weight is 457 g/mol. The van der Waals surface area contributed by atoms with Crippen LogP contribution in [0.25, 0.3) is 0 Å². The number of nitrogens with zero attached hydrogens (tertiary/aromatic N) is 1. The summed E-state index contributed by atoms with van der Waals surface area (Å²) in [5, 5.41) is 6.05. The van der Waals surface area contributed by atoms with Crippen LogP contribution >= 0.6 is 0 Å². The Kier molecular flexibility index (Phi) is 8.16. The van der Waals surface area contributed by atoms with Gasteiger partial charge in [-0.25, -0.2) is 0 Å². The van der Waals surface area contributed by atoms with Crippen molar-refractivity contribution >= 4 is 17.7 Å². The summed E-state index contributed by atoms with van der Waals surface area (Å²) in [5.74, 6) is -0.195. The van der Waals surface area contributed by atoms with E-state index in [2.05, 4.69) is 36.6 Å². The van der Waals surface area contributed by atoms with Crippen LogP contribution in [0.3, 0.4) is 0 Å². The van der Waals surface area contributed by atoms with Gasteiger partial charge in [-0.15, -0.1) is 0 Å². The monoisotopic (exact) mass is 456 g/mol. The van der Waals surface area contributed by atoms with E-state index in [1.165, 1.54) is 11.1 Å². The number of benzene rings is 1. The highest BCUT2D eigenvalue weighted by molar-refractivity contribution is 5.93. The summed E-state index contributed by atoms with van der Waals surface area (Å²) in [6.45, 7) is 10.2. The Bertz CT molecular complexity index is 867. The molecule has 0 radical (unpaired) electrons. The fraction of sp³-hybridized carbons (Fsp3) is 0.654. The zero-order chi connectivity index (χ0) is 24.3. The van der Waals surface area contributed by atoms with E-state index < -0.39 is 18.1 Å². The molecule has 3 rings (SSSR count). The van der Waals surface area contributed by atoms with Gasteiger partial charge >= 0.3 is 0 Å². The Morgan fingerprint density at radius 1 is 1.09 bits per heavy atom. The maximum Gasteiger partial charge on any atom is 0.246 e. The summed E-state index contributed by atoms with van der Waals surface area (Å²) in [6.07, 6.45) is 3.59. The third kappa shape index (κ3) is 5.75. The number of hydrogen-bond acceptors (Lipinski definition) is 4. The lowest BCUT2D eigenvalue weighted by Crippen LogP contribution is -2.57. The molecule has 1 saturated heterocycles. The number of carbonyl (C=O) groups is 3. The second-order valence-electron chi connectivity index (χ2n) is 10.4. The van der Waals surface area contributed by atoms with Crippen molar-refractivity contribution in [3.63, 3.8) is 0 Å². The van der Waals surface area contributed by atoms with Gasteiger partial charge in [0.15, 0.2) is 0 Å². The average Bonchev–Trinajstić information content (AvgIpc) is 3.23. The number of nitrogens with one attached hydrogen (secondary N) is 2. The minimum absolute atomic E-state index is 0.0313. The van der Waals surface area contributed by atoms with Crippen molar-refractivity contribution < 1.29 is 14.4 Å². The van der Waals surface area contributed by atoms with Crippen molar-refractivity contribution in [1.29, 1.82) is 0 Å². The molecule has 182 valence electrons. The number of aryl methyl sites for hydroxylation is 1. The van der Waals surface area contributed by atoms with Gasteiger partial charge in [-0.05, 0) is 61.5 Å². The predicted octanol–water partition coefficient (Wildman–Crippen LogP) is 2.54. The number of nitrogens with two attached hydrogens (primary N) is 1. The summed E-state index contributed by atoms with van der Waals surface area (Å²) in [6, 6.07) is 6.29. The SMILES string of the molecule is CC(C)[C@H]1C[C@@H](C(=O)N[C@@H]2CCCc3ccccc32)N(C(=O)[C@@H](NC(=O)[C@H](C)N)C(C)C)C1. The van der Waals surface area contributed by atoms with E-state index in [9.17, 15) is 14.4 Å². The molecule has 33 heavy (non-hydrogen) atoms. The lowest BCUT2D eigenvalue weighted by molar-refractivity contribution is -0.142. The van der Waals surface area contributed by atoms with E-state index in [0.717, 1.165) is 19.3 Å². The first-order valence-electron chi connectivity index (χ1n) is 12.3. The molecule has 1 fully saturated rings. The van der Waals surface area contributed by atoms with Crippen molar-refractivity contribution in [2.75, 3.05) is 6.54 Å². The van der Waals surface area contributed by atoms with Crippen LogP contribution in [0.4, 0.5) is 0 Å². The van der Waals surface area contributed by atoms with E-state index >= 15 is 0 Å². The summed E-state index contributed by atoms with van der Waals surface area (Å²) >= 11 is 0. The molecule has 7 heteroatoms. The summed E-state index contributed by atoms with van der Waals surface area (Å²) in [4.78, 5) is 41.1. The number of rotatable bonds is 7. The highest BCUT2D eigenvalue weighted by Crippen LogP contribution is 2.33. The zero-order valence-electron chi connectivity index (χ0n) is 20.6. The molecule has 7 nitrogen and oxygen atoms in total. The predicted molar refractivity (Wildman–Crippen MR) is 129 cm³/mol. The summed E-state index contributed by atoms with van der Waals surface area (Å²) in [7, 11) is 0. The molecule has 4 N–H and O–H groups in total. The topological polar surface area (TPSA) is 105 Å². The summed E-state index contributed by atoms with van der Waals surface area (Å²) < 4.78 is 0. The molecule has 1 aromatic rings. The van der Waals surface area contributed by atoms with Gasteiger partial charge in [-0.3, -0.25) is 14.4 Å². The second-order valence-corrected chi connectivity index (χ2v) is 10.4. The van der Waals surface area contributed by atoms with E-state index in [1.54, 1.807) is 11.8 Å². The Morgan fingerprint density at radius 2 is 1.79 bits per heavy atom. The fourth-order valence-corrected chi connectivity index (χ4v) is 4.99. The lowest BCUT2D eigenvalue weighted by Gasteiger charge is -2.32. The molecule has 0 bridgehead atoms. The minimum Gasteiger partial charge on any atom is -0.347 e. The number of carbonyl (C=O) groups excluding carboxylic acids is 3. The highest BCUT2D eigenvalue weighted by atomic mass is 16.2. The van der Waals surface area contributed by atoms with Gasteiger partial charge in [-0.1, -0.05) is 52.0 Å². The van der Waals surface area contributed by atoms with E-state index in [4.69, 9.17) is 5.73 Å². The van der Waals surface area contributed by atoms with E-state index in [0.29, 0.717) is 18.9 Å². The molecule has 0 aromatic heterocycles. The van der Waals surface area contributed by atoms with Gasteiger partial charge in [0.2, 0.25) is 17.7 Å². The van der Waals surface area contributed by atoms with Crippen LogP contribution in [0.1, 0.15) is 71.0 Å². The summed E-state index contributed by atoms with van der Waals surface area (Å²) in [5.41, 5.74) is 8.18. The van der Waals surface area contributed by atoms with Crippen LogP contribution in [0, 0.1) is 17.8 Å². The van der Waals surface area contributed by atoms with Gasteiger partial charge in [0.1, 0.15) is 12.1 Å². The van der Waals surface area contributed by atoms with Crippen molar-refractivity contribution in [3.05, 3.63) is 35.4 Å². The van der Waals surface area contributed by atoms with Crippen LogP contribution in [0.15, 0.2) is 24.3 Å². The molecular formula is C26H40N4O3. The quantitative estimate of drug-likeness (QED) is 0.586.